The summed E-state index contributed by atoms with van der Waals surface area (Å²) >= 11 is 0. The first kappa shape index (κ1) is 19.4. The average Bonchev–Trinajstić information content (AvgIpc) is 2.95. The Morgan fingerprint density at radius 3 is 2.59 bits per heavy atom. The Hall–Kier alpha value is -2.41. The van der Waals surface area contributed by atoms with E-state index in [4.69, 9.17) is 0 Å². The minimum Gasteiger partial charge on any atom is -0.358 e. The molecular weight excluding hydrogens is 358 g/mol. The van der Waals surface area contributed by atoms with E-state index >= 15 is 0 Å². The van der Waals surface area contributed by atoms with Crippen molar-refractivity contribution in [2.45, 2.75) is 44.4 Å². The number of H-pyrrole nitrogens is 1. The predicted molar refractivity (Wildman–Crippen MR) is 96.8 cm³/mol. The molecule has 3 aromatic rings. The lowest BCUT2D eigenvalue weighted by Crippen LogP contribution is -2.45. The van der Waals surface area contributed by atoms with Gasteiger partial charge in [-0.1, -0.05) is 19.9 Å². The highest BCUT2D eigenvalue weighted by Gasteiger charge is 2.34. The summed E-state index contributed by atoms with van der Waals surface area (Å²) in [5, 5.41) is 2.54. The maximum atomic E-state index is 13.4. The summed E-state index contributed by atoms with van der Waals surface area (Å²) in [6.07, 6.45) is -0.791. The Balaban J connectivity index is 1.84. The number of nitrogens with one attached hydrogen (secondary N) is 2. The molecule has 0 amide bonds. The molecule has 0 fully saturated rings. The van der Waals surface area contributed by atoms with Gasteiger partial charge in [-0.15, -0.1) is 0 Å². The smallest absolute Gasteiger partial charge is 0.358 e. The van der Waals surface area contributed by atoms with Gasteiger partial charge in [-0.3, -0.25) is 4.98 Å². The summed E-state index contributed by atoms with van der Waals surface area (Å²) in [7, 11) is 0. The van der Waals surface area contributed by atoms with Gasteiger partial charge in [0.2, 0.25) is 0 Å². The Kier molecular flexibility index (Phi) is 5.24. The lowest BCUT2D eigenvalue weighted by atomic mass is 9.79. The zero-order chi connectivity index (χ0) is 19.7. The number of hydrogen-bond acceptors (Lipinski definition) is 2. The molecule has 0 radical (unpaired) electrons. The second-order valence-corrected chi connectivity index (χ2v) is 7.40. The zero-order valence-electron chi connectivity index (χ0n) is 15.1. The molecular formula is C20H21F4N3. The standard InChI is InChI=1S/C20H21F4N3/c1-19(2,14-4-3-7-25-12-14)11-17(27-20(22,23)24)10-16-8-13-5-6-15(21)9-18(13)26-16/h3-9,12,17,26-27H,10-11H2,1-2H3. The van der Waals surface area contributed by atoms with E-state index in [0.717, 1.165) is 10.9 Å². The molecule has 2 aromatic heterocycles. The minimum absolute atomic E-state index is 0.138. The van der Waals surface area contributed by atoms with E-state index in [1.54, 1.807) is 35.9 Å². The number of halogens is 4. The first-order valence-corrected chi connectivity index (χ1v) is 8.64. The first-order chi connectivity index (χ1) is 12.6. The van der Waals surface area contributed by atoms with Crippen LogP contribution in [0.3, 0.4) is 0 Å². The van der Waals surface area contributed by atoms with Crippen LogP contribution in [0.2, 0.25) is 0 Å². The molecule has 0 aliphatic rings. The van der Waals surface area contributed by atoms with Gasteiger partial charge >= 0.3 is 6.30 Å². The molecule has 0 saturated carbocycles. The monoisotopic (exact) mass is 379 g/mol. The molecule has 1 unspecified atom stereocenters. The van der Waals surface area contributed by atoms with Gasteiger partial charge in [-0.05, 0) is 53.1 Å². The van der Waals surface area contributed by atoms with Crippen molar-refractivity contribution >= 4 is 10.9 Å². The number of aromatic nitrogens is 2. The molecule has 2 N–H and O–H groups in total. The van der Waals surface area contributed by atoms with Gasteiger partial charge in [0.15, 0.2) is 0 Å². The number of fused-ring (bicyclic) bond motifs is 1. The summed E-state index contributed by atoms with van der Waals surface area (Å²) in [6.45, 7) is 3.80. The molecule has 3 rings (SSSR count). The van der Waals surface area contributed by atoms with E-state index in [2.05, 4.69) is 9.97 Å². The molecule has 0 aliphatic heterocycles. The number of pyridine rings is 1. The number of alkyl halides is 3. The zero-order valence-corrected chi connectivity index (χ0v) is 15.1. The van der Waals surface area contributed by atoms with Gasteiger partial charge in [-0.2, -0.15) is 13.2 Å². The van der Waals surface area contributed by atoms with Crippen molar-refractivity contribution < 1.29 is 17.6 Å². The summed E-state index contributed by atoms with van der Waals surface area (Å²) in [4.78, 5) is 7.09. The molecule has 0 aliphatic carbocycles. The maximum Gasteiger partial charge on any atom is 0.457 e. The Bertz CT molecular complexity index is 900. The molecule has 27 heavy (non-hydrogen) atoms. The quantitative estimate of drug-likeness (QED) is 0.463. The van der Waals surface area contributed by atoms with Crippen LogP contribution < -0.4 is 5.32 Å². The molecule has 7 heteroatoms. The van der Waals surface area contributed by atoms with Gasteiger partial charge in [-0.25, -0.2) is 9.71 Å². The van der Waals surface area contributed by atoms with E-state index in [0.29, 0.717) is 11.2 Å². The van der Waals surface area contributed by atoms with Gasteiger partial charge in [0.25, 0.3) is 0 Å². The van der Waals surface area contributed by atoms with Crippen LogP contribution in [-0.2, 0) is 11.8 Å². The highest BCUT2D eigenvalue weighted by atomic mass is 19.4. The SMILES string of the molecule is CC(C)(CC(Cc1cc2ccc(F)cc2[nH]1)NC(F)(F)F)c1cccnc1. The number of benzene rings is 1. The van der Waals surface area contributed by atoms with Crippen LogP contribution in [0.4, 0.5) is 17.6 Å². The van der Waals surface area contributed by atoms with Gasteiger partial charge in [0, 0.05) is 36.1 Å². The van der Waals surface area contributed by atoms with Crippen LogP contribution in [-0.4, -0.2) is 22.3 Å². The van der Waals surface area contributed by atoms with E-state index < -0.39 is 23.6 Å². The lowest BCUT2D eigenvalue weighted by Gasteiger charge is -2.31. The van der Waals surface area contributed by atoms with Crippen LogP contribution in [0.25, 0.3) is 10.9 Å². The Labute approximate surface area is 154 Å². The number of nitrogens with zero attached hydrogens (tertiary/aromatic N) is 1. The molecule has 144 valence electrons. The van der Waals surface area contributed by atoms with E-state index in [-0.39, 0.29) is 12.8 Å². The van der Waals surface area contributed by atoms with Crippen LogP contribution >= 0.6 is 0 Å². The average molecular weight is 379 g/mol. The fraction of sp³-hybridized carbons (Fsp3) is 0.350. The Morgan fingerprint density at radius 1 is 1.15 bits per heavy atom. The summed E-state index contributed by atoms with van der Waals surface area (Å²) in [5.74, 6) is -0.390. The largest absolute Gasteiger partial charge is 0.457 e. The van der Waals surface area contributed by atoms with Gasteiger partial charge < -0.3 is 4.98 Å². The minimum atomic E-state index is -4.49. The van der Waals surface area contributed by atoms with Crippen molar-refractivity contribution in [2.75, 3.05) is 0 Å². The molecule has 0 saturated heterocycles. The van der Waals surface area contributed by atoms with Gasteiger partial charge in [0.1, 0.15) is 5.82 Å². The topological polar surface area (TPSA) is 40.7 Å². The third-order valence-corrected chi connectivity index (χ3v) is 4.67. The highest BCUT2D eigenvalue weighted by Crippen LogP contribution is 2.30. The molecule has 2 heterocycles. The van der Waals surface area contributed by atoms with Crippen molar-refractivity contribution in [1.29, 1.82) is 0 Å². The summed E-state index contributed by atoms with van der Waals surface area (Å²) in [5.41, 5.74) is 1.56. The van der Waals surface area contributed by atoms with Crippen molar-refractivity contribution in [3.8, 4) is 0 Å². The fourth-order valence-electron chi connectivity index (χ4n) is 3.44. The predicted octanol–water partition coefficient (Wildman–Crippen LogP) is 5.09. The second-order valence-electron chi connectivity index (χ2n) is 7.40. The second kappa shape index (κ2) is 7.31. The first-order valence-electron chi connectivity index (χ1n) is 8.64. The maximum absolute atomic E-state index is 13.4. The normalized spacial score (nSPS) is 13.9. The van der Waals surface area contributed by atoms with Crippen molar-refractivity contribution in [3.63, 3.8) is 0 Å². The van der Waals surface area contributed by atoms with Gasteiger partial charge in [0.05, 0.1) is 0 Å². The van der Waals surface area contributed by atoms with Crippen LogP contribution in [0, 0.1) is 5.82 Å². The molecule has 0 spiro atoms. The third-order valence-electron chi connectivity index (χ3n) is 4.67. The van der Waals surface area contributed by atoms with Crippen LogP contribution in [0.5, 0.6) is 0 Å². The number of hydrogen-bond donors (Lipinski definition) is 2. The van der Waals surface area contributed by atoms with Crippen molar-refractivity contribution in [1.82, 2.24) is 15.3 Å². The van der Waals surface area contributed by atoms with E-state index in [1.165, 1.54) is 12.1 Å². The van der Waals surface area contributed by atoms with E-state index in [1.807, 2.05) is 19.9 Å². The Morgan fingerprint density at radius 2 is 1.93 bits per heavy atom. The molecule has 0 bridgehead atoms. The van der Waals surface area contributed by atoms with Crippen LogP contribution in [0.1, 0.15) is 31.5 Å². The summed E-state index contributed by atoms with van der Waals surface area (Å²) in [6, 6.07) is 8.83. The fourth-order valence-corrected chi connectivity index (χ4v) is 3.44. The summed E-state index contributed by atoms with van der Waals surface area (Å²) < 4.78 is 52.5. The molecule has 1 aromatic carbocycles. The van der Waals surface area contributed by atoms with Crippen molar-refractivity contribution in [3.05, 3.63) is 65.9 Å². The highest BCUT2D eigenvalue weighted by molar-refractivity contribution is 5.80. The lowest BCUT2D eigenvalue weighted by molar-refractivity contribution is -0.165. The molecule has 3 nitrogen and oxygen atoms in total. The molecule has 1 atom stereocenters. The number of rotatable bonds is 6. The number of aromatic amines is 1. The van der Waals surface area contributed by atoms with Crippen LogP contribution in [0.15, 0.2) is 48.8 Å². The van der Waals surface area contributed by atoms with Crippen molar-refractivity contribution in [2.24, 2.45) is 0 Å². The third kappa shape index (κ3) is 5.07. The van der Waals surface area contributed by atoms with E-state index in [9.17, 15) is 17.6 Å².